The molecule has 1 aromatic rings. The standard InChI is InChI=1S/C16H25BrN2/c1-5-14-8-6-11(2)19(14)16-9-7-13(17)10-15(16)12(3)18-4/h7,9-12,14,18H,5-6,8H2,1-4H3. The maximum atomic E-state index is 3.60. The molecule has 1 fully saturated rings. The van der Waals surface area contributed by atoms with Gasteiger partial charge in [-0.25, -0.2) is 0 Å². The Morgan fingerprint density at radius 3 is 2.79 bits per heavy atom. The Morgan fingerprint density at radius 1 is 1.42 bits per heavy atom. The maximum Gasteiger partial charge on any atom is 0.0420 e. The number of rotatable bonds is 4. The van der Waals surface area contributed by atoms with E-state index >= 15 is 0 Å². The zero-order valence-corrected chi connectivity index (χ0v) is 14.0. The Hall–Kier alpha value is -0.540. The molecule has 2 nitrogen and oxygen atoms in total. The van der Waals surface area contributed by atoms with Gasteiger partial charge in [-0.2, -0.15) is 0 Å². The average molecular weight is 325 g/mol. The lowest BCUT2D eigenvalue weighted by Gasteiger charge is -2.33. The summed E-state index contributed by atoms with van der Waals surface area (Å²) in [7, 11) is 2.03. The molecule has 1 aliphatic heterocycles. The normalized spacial score (nSPS) is 24.8. The summed E-state index contributed by atoms with van der Waals surface area (Å²) in [6, 6.07) is 8.41. The van der Waals surface area contributed by atoms with E-state index in [1.807, 2.05) is 7.05 Å². The van der Waals surface area contributed by atoms with Crippen LogP contribution < -0.4 is 10.2 Å². The second kappa shape index (κ2) is 6.27. The first kappa shape index (κ1) is 14.9. The Labute approximate surface area is 125 Å². The van der Waals surface area contributed by atoms with Crippen molar-refractivity contribution in [3.63, 3.8) is 0 Å². The van der Waals surface area contributed by atoms with Gasteiger partial charge in [-0.05, 0) is 63.9 Å². The van der Waals surface area contributed by atoms with Crippen LogP contribution in [0.5, 0.6) is 0 Å². The van der Waals surface area contributed by atoms with Gasteiger partial charge >= 0.3 is 0 Å². The monoisotopic (exact) mass is 324 g/mol. The molecule has 19 heavy (non-hydrogen) atoms. The number of nitrogens with one attached hydrogen (secondary N) is 1. The van der Waals surface area contributed by atoms with Gasteiger partial charge in [0.1, 0.15) is 0 Å². The van der Waals surface area contributed by atoms with Crippen LogP contribution >= 0.6 is 15.9 Å². The molecule has 1 aliphatic rings. The van der Waals surface area contributed by atoms with Gasteiger partial charge in [-0.3, -0.25) is 0 Å². The molecule has 0 bridgehead atoms. The van der Waals surface area contributed by atoms with Crippen LogP contribution in [0, 0.1) is 0 Å². The highest BCUT2D eigenvalue weighted by Crippen LogP contribution is 2.37. The SMILES string of the molecule is CCC1CCC(C)N1c1ccc(Br)cc1C(C)NC. The first-order valence-electron chi connectivity index (χ1n) is 7.33. The molecule has 3 atom stereocenters. The van der Waals surface area contributed by atoms with Crippen LogP contribution in [0.25, 0.3) is 0 Å². The molecule has 1 N–H and O–H groups in total. The Balaban J connectivity index is 2.43. The summed E-state index contributed by atoms with van der Waals surface area (Å²) in [5.41, 5.74) is 2.80. The first-order chi connectivity index (χ1) is 9.08. The first-order valence-corrected chi connectivity index (χ1v) is 8.12. The van der Waals surface area contributed by atoms with Crippen molar-refractivity contribution < 1.29 is 0 Å². The zero-order valence-electron chi connectivity index (χ0n) is 12.4. The summed E-state index contributed by atoms with van der Waals surface area (Å²) in [5.74, 6) is 0. The molecule has 106 valence electrons. The van der Waals surface area contributed by atoms with Gasteiger partial charge in [-0.1, -0.05) is 22.9 Å². The van der Waals surface area contributed by atoms with Crippen molar-refractivity contribution in [2.45, 2.75) is 58.2 Å². The molecule has 1 heterocycles. The summed E-state index contributed by atoms with van der Waals surface area (Å²) in [5, 5.41) is 3.37. The van der Waals surface area contributed by atoms with Crippen molar-refractivity contribution in [3.8, 4) is 0 Å². The molecule has 2 rings (SSSR count). The van der Waals surface area contributed by atoms with Crippen LogP contribution in [0.4, 0.5) is 5.69 Å². The van der Waals surface area contributed by atoms with E-state index in [2.05, 4.69) is 65.1 Å². The minimum Gasteiger partial charge on any atom is -0.366 e. The van der Waals surface area contributed by atoms with Gasteiger partial charge in [0, 0.05) is 28.3 Å². The average Bonchev–Trinajstić information content (AvgIpc) is 2.79. The fourth-order valence-electron chi connectivity index (χ4n) is 3.17. The van der Waals surface area contributed by atoms with E-state index in [-0.39, 0.29) is 0 Å². The van der Waals surface area contributed by atoms with Crippen LogP contribution in [0.1, 0.15) is 51.6 Å². The number of benzene rings is 1. The van der Waals surface area contributed by atoms with Crippen molar-refractivity contribution >= 4 is 21.6 Å². The van der Waals surface area contributed by atoms with Crippen molar-refractivity contribution in [2.75, 3.05) is 11.9 Å². The maximum absolute atomic E-state index is 3.60. The number of halogens is 1. The van der Waals surface area contributed by atoms with Gasteiger partial charge in [-0.15, -0.1) is 0 Å². The topological polar surface area (TPSA) is 15.3 Å². The minimum absolute atomic E-state index is 0.373. The second-order valence-corrected chi connectivity index (χ2v) is 6.52. The number of nitrogens with zero attached hydrogens (tertiary/aromatic N) is 1. The zero-order chi connectivity index (χ0) is 14.0. The smallest absolute Gasteiger partial charge is 0.0420 e. The van der Waals surface area contributed by atoms with Gasteiger partial charge in [0.15, 0.2) is 0 Å². The summed E-state index contributed by atoms with van der Waals surface area (Å²) in [6.07, 6.45) is 3.86. The highest BCUT2D eigenvalue weighted by Gasteiger charge is 2.31. The lowest BCUT2D eigenvalue weighted by Crippen LogP contribution is -2.35. The Kier molecular flexibility index (Phi) is 4.91. The minimum atomic E-state index is 0.373. The molecule has 3 heteroatoms. The van der Waals surface area contributed by atoms with E-state index < -0.39 is 0 Å². The number of anilines is 1. The molecule has 0 radical (unpaired) electrons. The molecule has 3 unspecified atom stereocenters. The van der Waals surface area contributed by atoms with Crippen LogP contribution in [0.2, 0.25) is 0 Å². The lowest BCUT2D eigenvalue weighted by molar-refractivity contribution is 0.608. The molecule has 1 aromatic carbocycles. The summed E-state index contributed by atoms with van der Waals surface area (Å²) < 4.78 is 1.16. The molecule has 0 aromatic heterocycles. The third kappa shape index (κ3) is 2.97. The van der Waals surface area contributed by atoms with Crippen molar-refractivity contribution in [1.29, 1.82) is 0 Å². The Bertz CT molecular complexity index is 433. The van der Waals surface area contributed by atoms with Gasteiger partial charge in [0.05, 0.1) is 0 Å². The highest BCUT2D eigenvalue weighted by molar-refractivity contribution is 9.10. The predicted octanol–water partition coefficient (Wildman–Crippen LogP) is 4.50. The molecule has 0 saturated carbocycles. The van der Waals surface area contributed by atoms with Crippen LogP contribution in [0.15, 0.2) is 22.7 Å². The highest BCUT2D eigenvalue weighted by atomic mass is 79.9. The summed E-state index contributed by atoms with van der Waals surface area (Å²) >= 11 is 3.60. The van der Waals surface area contributed by atoms with E-state index in [1.165, 1.54) is 30.5 Å². The molecular formula is C16H25BrN2. The quantitative estimate of drug-likeness (QED) is 0.877. The van der Waals surface area contributed by atoms with Crippen LogP contribution in [-0.4, -0.2) is 19.1 Å². The van der Waals surface area contributed by atoms with Crippen molar-refractivity contribution in [2.24, 2.45) is 0 Å². The molecule has 0 spiro atoms. The number of hydrogen-bond acceptors (Lipinski definition) is 2. The summed E-state index contributed by atoms with van der Waals surface area (Å²) in [6.45, 7) is 6.88. The molecule has 0 amide bonds. The molecular weight excluding hydrogens is 300 g/mol. The van der Waals surface area contributed by atoms with Gasteiger partial charge in [0.25, 0.3) is 0 Å². The van der Waals surface area contributed by atoms with Gasteiger partial charge < -0.3 is 10.2 Å². The number of hydrogen-bond donors (Lipinski definition) is 1. The van der Waals surface area contributed by atoms with Crippen LogP contribution in [0.3, 0.4) is 0 Å². The van der Waals surface area contributed by atoms with E-state index in [1.54, 1.807) is 0 Å². The molecule has 1 saturated heterocycles. The largest absolute Gasteiger partial charge is 0.366 e. The molecule has 0 aliphatic carbocycles. The van der Waals surface area contributed by atoms with E-state index in [9.17, 15) is 0 Å². The Morgan fingerprint density at radius 2 is 2.16 bits per heavy atom. The predicted molar refractivity (Wildman–Crippen MR) is 86.9 cm³/mol. The van der Waals surface area contributed by atoms with Crippen LogP contribution in [-0.2, 0) is 0 Å². The lowest BCUT2D eigenvalue weighted by atomic mass is 10.0. The summed E-state index contributed by atoms with van der Waals surface area (Å²) in [4.78, 5) is 2.63. The van der Waals surface area contributed by atoms with E-state index in [0.717, 1.165) is 4.47 Å². The fourth-order valence-corrected chi connectivity index (χ4v) is 3.55. The second-order valence-electron chi connectivity index (χ2n) is 5.61. The fraction of sp³-hybridized carbons (Fsp3) is 0.625. The van der Waals surface area contributed by atoms with Gasteiger partial charge in [0.2, 0.25) is 0 Å². The van der Waals surface area contributed by atoms with E-state index in [0.29, 0.717) is 18.1 Å². The third-order valence-electron chi connectivity index (χ3n) is 4.42. The van der Waals surface area contributed by atoms with Crippen molar-refractivity contribution in [3.05, 3.63) is 28.2 Å². The third-order valence-corrected chi connectivity index (χ3v) is 4.92. The van der Waals surface area contributed by atoms with Crippen molar-refractivity contribution in [1.82, 2.24) is 5.32 Å². The van der Waals surface area contributed by atoms with E-state index in [4.69, 9.17) is 0 Å².